The Balaban J connectivity index is 2.12. The van der Waals surface area contributed by atoms with Crippen LogP contribution in [0.1, 0.15) is 45.7 Å². The number of nitrogens with one attached hydrogen (secondary N) is 2. The van der Waals surface area contributed by atoms with Gasteiger partial charge in [-0.2, -0.15) is 0 Å². The van der Waals surface area contributed by atoms with E-state index in [-0.39, 0.29) is 11.6 Å². The van der Waals surface area contributed by atoms with Crippen LogP contribution in [-0.4, -0.2) is 37.9 Å². The summed E-state index contributed by atoms with van der Waals surface area (Å²) in [6, 6.07) is 8.39. The molecule has 0 saturated carbocycles. The van der Waals surface area contributed by atoms with E-state index in [0.717, 1.165) is 31.3 Å². The van der Waals surface area contributed by atoms with Crippen LogP contribution in [0, 0.1) is 0 Å². The summed E-state index contributed by atoms with van der Waals surface area (Å²) < 4.78 is 11.4. The van der Waals surface area contributed by atoms with Crippen molar-refractivity contribution in [3.8, 4) is 5.75 Å². The first-order valence-corrected chi connectivity index (χ1v) is 8.46. The topological polar surface area (TPSA) is 54.9 Å². The Bertz CT molecular complexity index is 529. The molecule has 0 bridgehead atoms. The average molecular weight is 319 g/mol. The molecule has 2 rings (SSSR count). The van der Waals surface area contributed by atoms with Crippen molar-refractivity contribution in [2.24, 2.45) is 4.99 Å². The van der Waals surface area contributed by atoms with E-state index >= 15 is 0 Å². The minimum Gasteiger partial charge on any atom is -0.487 e. The molecule has 0 aliphatic carbocycles. The van der Waals surface area contributed by atoms with Gasteiger partial charge >= 0.3 is 0 Å². The van der Waals surface area contributed by atoms with Gasteiger partial charge < -0.3 is 20.1 Å². The maximum atomic E-state index is 6.08. The Morgan fingerprint density at radius 3 is 2.87 bits per heavy atom. The van der Waals surface area contributed by atoms with Crippen LogP contribution in [0.4, 0.5) is 0 Å². The molecular weight excluding hydrogens is 290 g/mol. The van der Waals surface area contributed by atoms with Gasteiger partial charge in [-0.15, -0.1) is 0 Å². The van der Waals surface area contributed by atoms with Crippen molar-refractivity contribution in [2.75, 3.05) is 26.3 Å². The third kappa shape index (κ3) is 5.13. The third-order valence-corrected chi connectivity index (χ3v) is 3.74. The summed E-state index contributed by atoms with van der Waals surface area (Å²) in [5, 5.41) is 6.86. The highest BCUT2D eigenvalue weighted by atomic mass is 16.5. The summed E-state index contributed by atoms with van der Waals surface area (Å²) >= 11 is 0. The van der Waals surface area contributed by atoms with Gasteiger partial charge in [0.15, 0.2) is 5.96 Å². The number of guanidine groups is 1. The fraction of sp³-hybridized carbons (Fsp3) is 0.611. The second-order valence-corrected chi connectivity index (χ2v) is 6.26. The first-order valence-electron chi connectivity index (χ1n) is 8.46. The van der Waals surface area contributed by atoms with Gasteiger partial charge in [-0.05, 0) is 33.8 Å². The second-order valence-electron chi connectivity index (χ2n) is 6.26. The Morgan fingerprint density at radius 2 is 2.13 bits per heavy atom. The SMILES string of the molecule is CCNC(=NCCOCC)NC1CC(C)(C)Oc2ccccc21. The molecule has 1 heterocycles. The molecule has 1 aliphatic heterocycles. The molecule has 5 nitrogen and oxygen atoms in total. The molecule has 0 aromatic heterocycles. The number of fused-ring (bicyclic) bond motifs is 1. The molecule has 1 unspecified atom stereocenters. The van der Waals surface area contributed by atoms with E-state index in [4.69, 9.17) is 9.47 Å². The molecule has 1 atom stereocenters. The van der Waals surface area contributed by atoms with Crippen LogP contribution in [0.2, 0.25) is 0 Å². The molecule has 0 saturated heterocycles. The van der Waals surface area contributed by atoms with Crippen LogP contribution in [0.25, 0.3) is 0 Å². The summed E-state index contributed by atoms with van der Waals surface area (Å²) in [6.07, 6.45) is 0.889. The smallest absolute Gasteiger partial charge is 0.191 e. The maximum absolute atomic E-state index is 6.08. The minimum absolute atomic E-state index is 0.180. The second kappa shape index (κ2) is 8.20. The number of aliphatic imine (C=N–C) groups is 1. The van der Waals surface area contributed by atoms with Gasteiger partial charge in [0.1, 0.15) is 11.4 Å². The maximum Gasteiger partial charge on any atom is 0.191 e. The van der Waals surface area contributed by atoms with Crippen molar-refractivity contribution in [1.29, 1.82) is 0 Å². The first kappa shape index (κ1) is 17.6. The summed E-state index contributed by atoms with van der Waals surface area (Å²) in [6.45, 7) is 11.2. The van der Waals surface area contributed by atoms with Crippen LogP contribution in [0.3, 0.4) is 0 Å². The average Bonchev–Trinajstić information content (AvgIpc) is 2.50. The quantitative estimate of drug-likeness (QED) is 0.481. The van der Waals surface area contributed by atoms with E-state index in [1.807, 2.05) is 25.1 Å². The number of para-hydroxylation sites is 1. The summed E-state index contributed by atoms with van der Waals surface area (Å²) in [5.41, 5.74) is 0.983. The Morgan fingerprint density at radius 1 is 1.35 bits per heavy atom. The number of ether oxygens (including phenoxy) is 2. The standard InChI is InChI=1S/C18H29N3O2/c1-5-19-17(20-11-12-22-6-2)21-15-13-18(3,4)23-16-10-8-7-9-14(15)16/h7-10,15H,5-6,11-13H2,1-4H3,(H2,19,20,21). The van der Waals surface area contributed by atoms with Crippen LogP contribution >= 0.6 is 0 Å². The van der Waals surface area contributed by atoms with Gasteiger partial charge in [0.25, 0.3) is 0 Å². The van der Waals surface area contributed by atoms with Gasteiger partial charge in [0.2, 0.25) is 0 Å². The molecule has 1 aromatic carbocycles. The van der Waals surface area contributed by atoms with Crippen molar-refractivity contribution in [2.45, 2.75) is 45.8 Å². The molecule has 0 radical (unpaired) electrons. The molecule has 128 valence electrons. The van der Waals surface area contributed by atoms with E-state index in [2.05, 4.69) is 42.5 Å². The molecule has 2 N–H and O–H groups in total. The van der Waals surface area contributed by atoms with E-state index in [1.165, 1.54) is 5.56 Å². The monoisotopic (exact) mass is 319 g/mol. The summed E-state index contributed by atoms with van der Waals surface area (Å²) in [5.74, 6) is 1.77. The first-order chi connectivity index (χ1) is 11.1. The van der Waals surface area contributed by atoms with Gasteiger partial charge in [0.05, 0.1) is 19.2 Å². The molecule has 1 aliphatic rings. The van der Waals surface area contributed by atoms with E-state index in [0.29, 0.717) is 13.2 Å². The van der Waals surface area contributed by atoms with E-state index in [1.54, 1.807) is 0 Å². The highest BCUT2D eigenvalue weighted by Crippen LogP contribution is 2.39. The summed E-state index contributed by atoms with van der Waals surface area (Å²) in [7, 11) is 0. The predicted octanol–water partition coefficient (Wildman–Crippen LogP) is 2.88. The lowest BCUT2D eigenvalue weighted by Gasteiger charge is -2.38. The molecule has 1 aromatic rings. The molecule has 0 fully saturated rings. The molecule has 0 spiro atoms. The highest BCUT2D eigenvalue weighted by Gasteiger charge is 2.33. The van der Waals surface area contributed by atoms with Gasteiger partial charge in [0, 0.05) is 25.1 Å². The minimum atomic E-state index is -0.200. The Kier molecular flexibility index (Phi) is 6.28. The Labute approximate surface area is 139 Å². The fourth-order valence-corrected chi connectivity index (χ4v) is 2.78. The van der Waals surface area contributed by atoms with Crippen LogP contribution in [0.5, 0.6) is 5.75 Å². The van der Waals surface area contributed by atoms with Crippen molar-refractivity contribution in [3.63, 3.8) is 0 Å². The molecule has 0 amide bonds. The zero-order chi connectivity index (χ0) is 16.7. The normalized spacial score (nSPS) is 19.7. The van der Waals surface area contributed by atoms with Crippen molar-refractivity contribution in [1.82, 2.24) is 10.6 Å². The van der Waals surface area contributed by atoms with Crippen LogP contribution < -0.4 is 15.4 Å². The third-order valence-electron chi connectivity index (χ3n) is 3.74. The van der Waals surface area contributed by atoms with E-state index < -0.39 is 0 Å². The highest BCUT2D eigenvalue weighted by molar-refractivity contribution is 5.80. The fourth-order valence-electron chi connectivity index (χ4n) is 2.78. The van der Waals surface area contributed by atoms with Crippen LogP contribution in [0.15, 0.2) is 29.3 Å². The van der Waals surface area contributed by atoms with Crippen LogP contribution in [-0.2, 0) is 4.74 Å². The van der Waals surface area contributed by atoms with Gasteiger partial charge in [-0.3, -0.25) is 4.99 Å². The number of hydrogen-bond donors (Lipinski definition) is 2. The zero-order valence-electron chi connectivity index (χ0n) is 14.7. The van der Waals surface area contributed by atoms with Gasteiger partial charge in [-0.25, -0.2) is 0 Å². The van der Waals surface area contributed by atoms with Gasteiger partial charge in [-0.1, -0.05) is 18.2 Å². The van der Waals surface area contributed by atoms with E-state index in [9.17, 15) is 0 Å². The lowest BCUT2D eigenvalue weighted by molar-refractivity contribution is 0.0694. The van der Waals surface area contributed by atoms with Crippen molar-refractivity contribution >= 4 is 5.96 Å². The Hall–Kier alpha value is -1.75. The van der Waals surface area contributed by atoms with Crippen molar-refractivity contribution < 1.29 is 9.47 Å². The number of hydrogen-bond acceptors (Lipinski definition) is 3. The summed E-state index contributed by atoms with van der Waals surface area (Å²) in [4.78, 5) is 4.59. The molecule has 23 heavy (non-hydrogen) atoms. The molecular formula is C18H29N3O2. The number of benzene rings is 1. The molecule has 5 heteroatoms. The predicted molar refractivity (Wildman–Crippen MR) is 94.1 cm³/mol. The number of nitrogens with zero attached hydrogens (tertiary/aromatic N) is 1. The number of rotatable bonds is 6. The van der Waals surface area contributed by atoms with Crippen molar-refractivity contribution in [3.05, 3.63) is 29.8 Å². The lowest BCUT2D eigenvalue weighted by atomic mass is 9.90. The largest absolute Gasteiger partial charge is 0.487 e. The zero-order valence-corrected chi connectivity index (χ0v) is 14.7. The lowest BCUT2D eigenvalue weighted by Crippen LogP contribution is -2.45.